The van der Waals surface area contributed by atoms with Gasteiger partial charge in [-0.25, -0.2) is 0 Å². The Morgan fingerprint density at radius 3 is 1.93 bits per heavy atom. The molecule has 0 spiro atoms. The first-order valence-electron chi connectivity index (χ1n) is 13.6. The van der Waals surface area contributed by atoms with Gasteiger partial charge in [0.1, 0.15) is 28.4 Å². The van der Waals surface area contributed by atoms with Gasteiger partial charge in [-0.3, -0.25) is 0 Å². The molecule has 194 valence electrons. The molecule has 8 rings (SSSR count). The molecule has 8 aromatic rings. The lowest BCUT2D eigenvalue weighted by Gasteiger charge is -2.15. The third-order valence-electron chi connectivity index (χ3n) is 7.96. The molecule has 0 N–H and O–H groups in total. The largest absolute Gasteiger partial charge is 0.456 e. The summed E-state index contributed by atoms with van der Waals surface area (Å²) in [5, 5.41) is 24.3. The van der Waals surface area contributed by atoms with Crippen molar-refractivity contribution in [3.8, 4) is 45.5 Å². The number of nitrogens with zero attached hydrogens (tertiary/aromatic N) is 2. The Morgan fingerprint density at radius 1 is 0.429 bits per heavy atom. The van der Waals surface area contributed by atoms with Crippen molar-refractivity contribution in [1.29, 1.82) is 10.5 Å². The molecule has 0 aliphatic heterocycles. The van der Waals surface area contributed by atoms with Gasteiger partial charge < -0.3 is 8.83 Å². The number of nitriles is 2. The summed E-state index contributed by atoms with van der Waals surface area (Å²) in [7, 11) is 0. The van der Waals surface area contributed by atoms with Crippen LogP contribution < -0.4 is 0 Å². The van der Waals surface area contributed by atoms with E-state index in [9.17, 15) is 10.5 Å². The van der Waals surface area contributed by atoms with Gasteiger partial charge in [0, 0.05) is 38.2 Å². The lowest BCUT2D eigenvalue weighted by atomic mass is 9.87. The third kappa shape index (κ3) is 3.60. The molecule has 0 fully saturated rings. The fraction of sp³-hybridized carbons (Fsp3) is 0. The van der Waals surface area contributed by atoms with Gasteiger partial charge in [-0.1, -0.05) is 72.8 Å². The first-order chi connectivity index (χ1) is 20.7. The SMILES string of the molecule is N#Cc1cccc(-c2cc(-c3ccc4c(c3)oc3ccccc34)cc(-c3cccc4c3oc3ccccc34)c2C#N)c1. The van der Waals surface area contributed by atoms with Crippen molar-refractivity contribution in [2.75, 3.05) is 0 Å². The second-order valence-electron chi connectivity index (χ2n) is 10.3. The predicted molar refractivity (Wildman–Crippen MR) is 167 cm³/mol. The zero-order valence-electron chi connectivity index (χ0n) is 22.3. The molecular formula is C38H20N2O2. The molecule has 4 nitrogen and oxygen atoms in total. The number of furan rings is 2. The minimum Gasteiger partial charge on any atom is -0.456 e. The van der Waals surface area contributed by atoms with Crippen molar-refractivity contribution < 1.29 is 8.83 Å². The summed E-state index contributed by atoms with van der Waals surface area (Å²) in [6.07, 6.45) is 0. The van der Waals surface area contributed by atoms with Crippen LogP contribution in [0.2, 0.25) is 0 Å². The fourth-order valence-corrected chi connectivity index (χ4v) is 5.99. The second kappa shape index (κ2) is 9.24. The Balaban J connectivity index is 1.44. The maximum atomic E-state index is 10.6. The third-order valence-corrected chi connectivity index (χ3v) is 7.96. The van der Waals surface area contributed by atoms with Gasteiger partial charge >= 0.3 is 0 Å². The maximum absolute atomic E-state index is 10.6. The van der Waals surface area contributed by atoms with Gasteiger partial charge in [0.25, 0.3) is 0 Å². The second-order valence-corrected chi connectivity index (χ2v) is 10.3. The van der Waals surface area contributed by atoms with Crippen molar-refractivity contribution in [3.05, 3.63) is 132 Å². The van der Waals surface area contributed by atoms with E-state index in [0.29, 0.717) is 11.1 Å². The van der Waals surface area contributed by atoms with Gasteiger partial charge in [0.2, 0.25) is 0 Å². The first-order valence-corrected chi connectivity index (χ1v) is 13.6. The van der Waals surface area contributed by atoms with Crippen LogP contribution in [0.5, 0.6) is 0 Å². The number of para-hydroxylation sites is 3. The molecule has 0 amide bonds. The van der Waals surface area contributed by atoms with Crippen LogP contribution in [0.3, 0.4) is 0 Å². The zero-order chi connectivity index (χ0) is 28.2. The van der Waals surface area contributed by atoms with Crippen LogP contribution in [0, 0.1) is 22.7 Å². The number of benzene rings is 6. The van der Waals surface area contributed by atoms with Crippen molar-refractivity contribution in [1.82, 2.24) is 0 Å². The predicted octanol–water partition coefficient (Wildman–Crippen LogP) is 10.2. The summed E-state index contributed by atoms with van der Waals surface area (Å²) in [6.45, 7) is 0. The van der Waals surface area contributed by atoms with Crippen LogP contribution in [0.1, 0.15) is 11.1 Å². The Morgan fingerprint density at radius 2 is 1.12 bits per heavy atom. The molecule has 2 aromatic heterocycles. The molecular weight excluding hydrogens is 516 g/mol. The minimum atomic E-state index is 0.520. The van der Waals surface area contributed by atoms with Crippen LogP contribution in [0.25, 0.3) is 77.3 Å². The summed E-state index contributed by atoms with van der Waals surface area (Å²) >= 11 is 0. The summed E-state index contributed by atoms with van der Waals surface area (Å²) in [4.78, 5) is 0. The van der Waals surface area contributed by atoms with E-state index in [2.05, 4.69) is 42.5 Å². The average molecular weight is 537 g/mol. The van der Waals surface area contributed by atoms with Crippen molar-refractivity contribution in [2.45, 2.75) is 0 Å². The van der Waals surface area contributed by atoms with Crippen LogP contribution in [0.15, 0.2) is 130 Å². The molecule has 2 heterocycles. The van der Waals surface area contributed by atoms with Crippen LogP contribution in [-0.4, -0.2) is 0 Å². The monoisotopic (exact) mass is 536 g/mol. The van der Waals surface area contributed by atoms with Gasteiger partial charge in [-0.05, 0) is 65.2 Å². The van der Waals surface area contributed by atoms with Gasteiger partial charge in [-0.15, -0.1) is 0 Å². The molecule has 0 bridgehead atoms. The Bertz CT molecular complexity index is 2450. The molecule has 0 radical (unpaired) electrons. The lowest BCUT2D eigenvalue weighted by Crippen LogP contribution is -1.93. The summed E-state index contributed by atoms with van der Waals surface area (Å²) in [5.74, 6) is 0. The standard InChI is InChI=1S/C38H20N2O2/c39-21-23-7-5-8-25(17-23)32-18-26(24-15-16-29-27-9-1-3-13-35(27)41-37(29)20-24)19-33(34(32)22-40)31-12-6-11-30-28-10-2-4-14-36(28)42-38(30)31/h1-20H. The van der Waals surface area contributed by atoms with Crippen LogP contribution >= 0.6 is 0 Å². The van der Waals surface area contributed by atoms with E-state index in [-0.39, 0.29) is 0 Å². The smallest absolute Gasteiger partial charge is 0.143 e. The zero-order valence-corrected chi connectivity index (χ0v) is 22.3. The molecule has 0 unspecified atom stereocenters. The molecule has 42 heavy (non-hydrogen) atoms. The van der Waals surface area contributed by atoms with E-state index in [4.69, 9.17) is 8.83 Å². The number of rotatable bonds is 3. The topological polar surface area (TPSA) is 73.9 Å². The highest BCUT2D eigenvalue weighted by molar-refractivity contribution is 6.11. The van der Waals surface area contributed by atoms with E-state index in [1.807, 2.05) is 84.9 Å². The molecule has 0 saturated heterocycles. The molecule has 0 aliphatic rings. The maximum Gasteiger partial charge on any atom is 0.143 e. The van der Waals surface area contributed by atoms with E-state index >= 15 is 0 Å². The van der Waals surface area contributed by atoms with Gasteiger partial charge in [0.15, 0.2) is 0 Å². The van der Waals surface area contributed by atoms with E-state index in [1.54, 1.807) is 6.07 Å². The highest BCUT2D eigenvalue weighted by Gasteiger charge is 2.20. The average Bonchev–Trinajstić information content (AvgIpc) is 3.62. The fourth-order valence-electron chi connectivity index (χ4n) is 5.99. The van der Waals surface area contributed by atoms with Gasteiger partial charge in [0.05, 0.1) is 17.2 Å². The minimum absolute atomic E-state index is 0.520. The molecule has 0 saturated carbocycles. The molecule has 6 aromatic carbocycles. The number of fused-ring (bicyclic) bond motifs is 6. The normalized spacial score (nSPS) is 11.3. The van der Waals surface area contributed by atoms with Crippen LogP contribution in [0.4, 0.5) is 0 Å². The van der Waals surface area contributed by atoms with E-state index in [1.165, 1.54) is 0 Å². The lowest BCUT2D eigenvalue weighted by molar-refractivity contribution is 0.669. The summed E-state index contributed by atoms with van der Waals surface area (Å²) in [5.41, 5.74) is 9.27. The molecule has 0 atom stereocenters. The highest BCUT2D eigenvalue weighted by Crippen LogP contribution is 2.42. The van der Waals surface area contributed by atoms with Crippen LogP contribution in [-0.2, 0) is 0 Å². The number of hydrogen-bond donors (Lipinski definition) is 0. The Kier molecular flexibility index (Phi) is 5.22. The van der Waals surface area contributed by atoms with E-state index in [0.717, 1.165) is 77.3 Å². The van der Waals surface area contributed by atoms with Crippen molar-refractivity contribution >= 4 is 43.9 Å². The Hall–Kier alpha value is -6.10. The molecule has 4 heteroatoms. The van der Waals surface area contributed by atoms with E-state index < -0.39 is 0 Å². The van der Waals surface area contributed by atoms with Crippen molar-refractivity contribution in [2.24, 2.45) is 0 Å². The van der Waals surface area contributed by atoms with Crippen molar-refractivity contribution in [3.63, 3.8) is 0 Å². The summed E-state index contributed by atoms with van der Waals surface area (Å²) < 4.78 is 12.6. The Labute approximate surface area is 240 Å². The first kappa shape index (κ1) is 23.8. The quantitative estimate of drug-likeness (QED) is 0.225. The summed E-state index contributed by atoms with van der Waals surface area (Å²) in [6, 6.07) is 44.5. The highest BCUT2D eigenvalue weighted by atomic mass is 16.3. The van der Waals surface area contributed by atoms with Gasteiger partial charge in [-0.2, -0.15) is 10.5 Å². The molecule has 0 aliphatic carbocycles. The number of hydrogen-bond acceptors (Lipinski definition) is 4.